The number of benzene rings is 2. The molecule has 0 spiro atoms. The summed E-state index contributed by atoms with van der Waals surface area (Å²) < 4.78 is 15.5. The van der Waals surface area contributed by atoms with Crippen molar-refractivity contribution < 1.29 is 33.4 Å². The van der Waals surface area contributed by atoms with Crippen LogP contribution in [0.25, 0.3) is 0 Å². The Morgan fingerprint density at radius 3 is 1.41 bits per heavy atom. The molecular weight excluding hydrogens is 575 g/mol. The van der Waals surface area contributed by atoms with Gasteiger partial charge in [-0.3, -0.25) is 0 Å². The third-order valence-corrected chi connectivity index (χ3v) is 6.62. The van der Waals surface area contributed by atoms with E-state index in [-0.39, 0.29) is 26.1 Å². The Morgan fingerprint density at radius 1 is 0.659 bits per heavy atom. The number of nitrogens with two attached hydrogens (primary N) is 2. The smallest absolute Gasteiger partial charge is 0.408 e. The molecule has 0 saturated heterocycles. The van der Waals surface area contributed by atoms with Crippen molar-refractivity contribution in [2.24, 2.45) is 11.5 Å². The number of carbonyl (C=O) groups is 4. The zero-order valence-electron chi connectivity index (χ0n) is 22.6. The third kappa shape index (κ3) is 12.8. The molecule has 0 radical (unpaired) electrons. The maximum Gasteiger partial charge on any atom is 0.408 e. The number of alkyl carbamates (subject to hydrolysis) is 2. The topological polar surface area (TPSA) is 172 Å². The van der Waals surface area contributed by atoms with Crippen molar-refractivity contribution in [3.8, 4) is 0 Å². The van der Waals surface area contributed by atoms with E-state index in [2.05, 4.69) is 10.6 Å². The zero-order valence-corrected chi connectivity index (χ0v) is 24.1. The Morgan fingerprint density at radius 2 is 1.05 bits per heavy atom. The van der Waals surface area contributed by atoms with Gasteiger partial charge in [0.25, 0.3) is 0 Å². The summed E-state index contributed by atoms with van der Waals surface area (Å²) in [7, 11) is 0. The van der Waals surface area contributed by atoms with Crippen LogP contribution in [0.2, 0.25) is 10.0 Å². The highest BCUT2D eigenvalue weighted by Crippen LogP contribution is 2.17. The summed E-state index contributed by atoms with van der Waals surface area (Å²) in [6.45, 7) is 0.499. The van der Waals surface area contributed by atoms with Crippen LogP contribution in [0.4, 0.5) is 9.59 Å². The summed E-state index contributed by atoms with van der Waals surface area (Å²) in [5.41, 5.74) is 12.3. The van der Waals surface area contributed by atoms with E-state index in [1.54, 1.807) is 48.5 Å². The van der Waals surface area contributed by atoms with Crippen LogP contribution in [0.15, 0.2) is 48.5 Å². The first-order valence-electron chi connectivity index (χ1n) is 13.2. The molecule has 0 unspecified atom stereocenters. The van der Waals surface area contributed by atoms with Gasteiger partial charge in [-0.25, -0.2) is 19.2 Å². The maximum absolute atomic E-state index is 12.9. The fraction of sp³-hybridized carbons (Fsp3) is 0.429. The molecule has 0 saturated carbocycles. The predicted octanol–water partition coefficient (Wildman–Crippen LogP) is 4.21. The van der Waals surface area contributed by atoms with Gasteiger partial charge >= 0.3 is 24.1 Å². The molecule has 2 aromatic rings. The van der Waals surface area contributed by atoms with E-state index in [1.165, 1.54) is 0 Å². The van der Waals surface area contributed by atoms with Gasteiger partial charge in [-0.15, -0.1) is 0 Å². The van der Waals surface area contributed by atoms with E-state index in [4.69, 9.17) is 48.9 Å². The standard InChI is InChI=1S/C28H36Cl2N4O7/c29-21-11-3-1-9-19(21)17-39-27(37)33-23(13-5-7-15-31)25(35)41-26(36)24(14-6-8-16-32)34-28(38)40-18-20-10-2-4-12-22(20)30/h1-4,9-12,23-24H,5-8,13-18,31-32H2,(H,33,37)(H,34,38)/t23-,24-/m0/s1. The number of nitrogens with one attached hydrogen (secondary N) is 2. The maximum atomic E-state index is 12.9. The molecule has 0 aliphatic heterocycles. The van der Waals surface area contributed by atoms with Gasteiger partial charge in [0.05, 0.1) is 0 Å². The normalized spacial score (nSPS) is 12.1. The molecule has 2 rings (SSSR count). The molecule has 0 aromatic heterocycles. The van der Waals surface area contributed by atoms with Crippen molar-refractivity contribution in [3.63, 3.8) is 0 Å². The average Bonchev–Trinajstić information content (AvgIpc) is 2.95. The van der Waals surface area contributed by atoms with Crippen LogP contribution in [0, 0.1) is 0 Å². The number of hydrogen-bond acceptors (Lipinski definition) is 9. The van der Waals surface area contributed by atoms with Crippen LogP contribution in [0.5, 0.6) is 0 Å². The molecule has 2 aromatic carbocycles. The Bertz CT molecular complexity index is 1060. The second-order valence-electron chi connectivity index (χ2n) is 9.04. The van der Waals surface area contributed by atoms with Crippen molar-refractivity contribution in [1.29, 1.82) is 0 Å². The summed E-state index contributed by atoms with van der Waals surface area (Å²) in [5.74, 6) is -2.01. The Labute approximate surface area is 249 Å². The van der Waals surface area contributed by atoms with Crippen LogP contribution in [-0.2, 0) is 37.0 Å². The largest absolute Gasteiger partial charge is 0.445 e. The van der Waals surface area contributed by atoms with Crippen LogP contribution in [0.1, 0.15) is 49.7 Å². The molecule has 0 heterocycles. The lowest BCUT2D eigenvalue weighted by atomic mass is 10.1. The average molecular weight is 612 g/mol. The number of carbonyl (C=O) groups excluding carboxylic acids is 4. The molecule has 13 heteroatoms. The van der Waals surface area contributed by atoms with E-state index in [0.29, 0.717) is 59.9 Å². The predicted molar refractivity (Wildman–Crippen MR) is 154 cm³/mol. The first kappa shape index (κ1) is 33.8. The fourth-order valence-corrected chi connectivity index (χ4v) is 3.99. The summed E-state index contributed by atoms with van der Waals surface area (Å²) in [5, 5.41) is 5.71. The molecule has 0 fully saturated rings. The summed E-state index contributed by atoms with van der Waals surface area (Å²) >= 11 is 12.2. The third-order valence-electron chi connectivity index (χ3n) is 5.88. The SMILES string of the molecule is NCCCC[C@H](NC(=O)OCc1ccccc1Cl)C(=O)OC(=O)[C@H](CCCCN)NC(=O)OCc1ccccc1Cl. The summed E-state index contributed by atoms with van der Waals surface area (Å²) in [4.78, 5) is 50.7. The molecule has 0 aliphatic rings. The van der Waals surface area contributed by atoms with Gasteiger partial charge in [0.1, 0.15) is 25.3 Å². The van der Waals surface area contributed by atoms with Crippen molar-refractivity contribution >= 4 is 47.3 Å². The highest BCUT2D eigenvalue weighted by molar-refractivity contribution is 6.31. The Hall–Kier alpha value is -3.38. The van der Waals surface area contributed by atoms with Crippen molar-refractivity contribution in [1.82, 2.24) is 10.6 Å². The first-order chi connectivity index (χ1) is 19.7. The van der Waals surface area contributed by atoms with E-state index >= 15 is 0 Å². The number of amides is 2. The van der Waals surface area contributed by atoms with Gasteiger partial charge in [-0.05, 0) is 63.7 Å². The van der Waals surface area contributed by atoms with Crippen LogP contribution in [-0.4, -0.2) is 49.3 Å². The van der Waals surface area contributed by atoms with Gasteiger partial charge in [-0.1, -0.05) is 59.6 Å². The van der Waals surface area contributed by atoms with Crippen LogP contribution in [0.3, 0.4) is 0 Å². The van der Waals surface area contributed by atoms with Gasteiger partial charge < -0.3 is 36.3 Å². The number of esters is 2. The number of hydrogen-bond donors (Lipinski definition) is 4. The molecule has 0 aliphatic carbocycles. The lowest BCUT2D eigenvalue weighted by Gasteiger charge is -2.20. The summed E-state index contributed by atoms with van der Waals surface area (Å²) in [6, 6.07) is 11.3. The van der Waals surface area contributed by atoms with E-state index in [0.717, 1.165) is 0 Å². The molecule has 2 amide bonds. The van der Waals surface area contributed by atoms with Crippen LogP contribution < -0.4 is 22.1 Å². The highest BCUT2D eigenvalue weighted by Gasteiger charge is 2.30. The van der Waals surface area contributed by atoms with E-state index < -0.39 is 36.2 Å². The number of unbranched alkanes of at least 4 members (excludes halogenated alkanes) is 2. The molecule has 41 heavy (non-hydrogen) atoms. The monoisotopic (exact) mass is 610 g/mol. The molecule has 2 atom stereocenters. The Balaban J connectivity index is 2.00. The number of ether oxygens (including phenoxy) is 3. The van der Waals surface area contributed by atoms with Crippen LogP contribution >= 0.6 is 23.2 Å². The molecular formula is C28H36Cl2N4O7. The minimum atomic E-state index is -1.19. The molecule has 0 bridgehead atoms. The zero-order chi connectivity index (χ0) is 30.0. The Kier molecular flexibility index (Phi) is 15.6. The minimum Gasteiger partial charge on any atom is -0.445 e. The summed E-state index contributed by atoms with van der Waals surface area (Å²) in [6.07, 6.45) is 0.610. The highest BCUT2D eigenvalue weighted by atomic mass is 35.5. The van der Waals surface area contributed by atoms with Crippen molar-refractivity contribution in [3.05, 3.63) is 69.7 Å². The second-order valence-corrected chi connectivity index (χ2v) is 9.85. The number of halogens is 2. The lowest BCUT2D eigenvalue weighted by Crippen LogP contribution is -2.47. The lowest BCUT2D eigenvalue weighted by molar-refractivity contribution is -0.162. The first-order valence-corrected chi connectivity index (χ1v) is 14.0. The quantitative estimate of drug-likeness (QED) is 0.0939. The van der Waals surface area contributed by atoms with Gasteiger partial charge in [0.2, 0.25) is 0 Å². The van der Waals surface area contributed by atoms with Gasteiger partial charge in [0, 0.05) is 21.2 Å². The molecule has 6 N–H and O–H groups in total. The fourth-order valence-electron chi connectivity index (χ4n) is 3.61. The minimum absolute atomic E-state index is 0.127. The second kappa shape index (κ2) is 18.9. The van der Waals surface area contributed by atoms with E-state index in [9.17, 15) is 19.2 Å². The molecule has 11 nitrogen and oxygen atoms in total. The van der Waals surface area contributed by atoms with Gasteiger partial charge in [-0.2, -0.15) is 0 Å². The van der Waals surface area contributed by atoms with Crippen molar-refractivity contribution in [2.45, 2.75) is 63.8 Å². The van der Waals surface area contributed by atoms with Gasteiger partial charge in [0.15, 0.2) is 0 Å². The van der Waals surface area contributed by atoms with E-state index in [1.807, 2.05) is 0 Å². The number of rotatable bonds is 16. The van der Waals surface area contributed by atoms with Crippen molar-refractivity contribution in [2.75, 3.05) is 13.1 Å². The molecule has 224 valence electrons.